The first-order chi connectivity index (χ1) is 13.9. The highest BCUT2D eigenvalue weighted by atomic mass is 16.2. The molecule has 5 heteroatoms. The number of hydrogen-bond acceptors (Lipinski definition) is 4. The van der Waals surface area contributed by atoms with Gasteiger partial charge < -0.3 is 10.2 Å². The minimum absolute atomic E-state index is 0.0338. The van der Waals surface area contributed by atoms with Crippen LogP contribution in [0.5, 0.6) is 0 Å². The van der Waals surface area contributed by atoms with E-state index in [1.165, 1.54) is 0 Å². The zero-order valence-electron chi connectivity index (χ0n) is 17.5. The molecule has 0 saturated heterocycles. The van der Waals surface area contributed by atoms with Crippen LogP contribution in [0.25, 0.3) is 0 Å². The number of carbonyl (C=O) groups is 1. The lowest BCUT2D eigenvalue weighted by Gasteiger charge is -2.27. The molecule has 0 fully saturated rings. The third-order valence-corrected chi connectivity index (χ3v) is 4.80. The van der Waals surface area contributed by atoms with E-state index in [2.05, 4.69) is 34.3 Å². The van der Waals surface area contributed by atoms with Crippen LogP contribution in [0, 0.1) is 6.92 Å². The van der Waals surface area contributed by atoms with Gasteiger partial charge in [-0.2, -0.15) is 0 Å². The molecule has 0 aliphatic carbocycles. The maximum atomic E-state index is 13.3. The number of rotatable bonds is 7. The van der Waals surface area contributed by atoms with E-state index < -0.39 is 0 Å². The average Bonchev–Trinajstić information content (AvgIpc) is 2.72. The Hall–Kier alpha value is -3.21. The van der Waals surface area contributed by atoms with Crippen LogP contribution in [0.2, 0.25) is 0 Å². The van der Waals surface area contributed by atoms with E-state index in [9.17, 15) is 4.79 Å². The van der Waals surface area contributed by atoms with Gasteiger partial charge in [-0.25, -0.2) is 9.97 Å². The highest BCUT2D eigenvalue weighted by molar-refractivity contribution is 5.92. The quantitative estimate of drug-likeness (QED) is 0.618. The topological polar surface area (TPSA) is 58.1 Å². The summed E-state index contributed by atoms with van der Waals surface area (Å²) in [5.41, 5.74) is 3.40. The minimum atomic E-state index is -0.0928. The summed E-state index contributed by atoms with van der Waals surface area (Å²) in [4.78, 5) is 24.1. The number of aryl methyl sites for hydroxylation is 1. The Morgan fingerprint density at radius 1 is 0.966 bits per heavy atom. The third-order valence-electron chi connectivity index (χ3n) is 4.80. The Morgan fingerprint density at radius 2 is 1.59 bits per heavy atom. The molecule has 1 unspecified atom stereocenters. The van der Waals surface area contributed by atoms with E-state index in [1.54, 1.807) is 6.07 Å². The molecule has 1 amide bonds. The molecule has 0 aliphatic heterocycles. The number of aromatic nitrogens is 2. The van der Waals surface area contributed by atoms with Gasteiger partial charge in [0, 0.05) is 18.3 Å². The molecule has 1 aromatic heterocycles. The lowest BCUT2D eigenvalue weighted by atomic mass is 10.1. The van der Waals surface area contributed by atoms with Gasteiger partial charge in [-0.05, 0) is 44.9 Å². The minimum Gasteiger partial charge on any atom is -0.348 e. The first-order valence-corrected chi connectivity index (χ1v) is 9.96. The number of carbonyl (C=O) groups excluding carboxylic acids is 1. The molecule has 0 saturated carbocycles. The van der Waals surface area contributed by atoms with Crippen LogP contribution in [-0.4, -0.2) is 26.8 Å². The number of amides is 1. The summed E-state index contributed by atoms with van der Waals surface area (Å²) in [6, 6.07) is 22.0. The van der Waals surface area contributed by atoms with E-state index >= 15 is 0 Å². The molecule has 0 spiro atoms. The SMILES string of the molecule is Cc1cc(C(=O)N(Cc2ccccc2)C(C)C)nc(NC(C)c2ccccc2)n1. The highest BCUT2D eigenvalue weighted by Gasteiger charge is 2.22. The zero-order chi connectivity index (χ0) is 20.8. The Balaban J connectivity index is 1.82. The van der Waals surface area contributed by atoms with E-state index in [4.69, 9.17) is 0 Å². The van der Waals surface area contributed by atoms with Gasteiger partial charge in [-0.1, -0.05) is 60.7 Å². The first-order valence-electron chi connectivity index (χ1n) is 9.96. The maximum absolute atomic E-state index is 13.3. The molecule has 3 rings (SSSR count). The van der Waals surface area contributed by atoms with Crippen molar-refractivity contribution in [3.05, 3.63) is 89.2 Å². The Bertz CT molecular complexity index is 942. The Morgan fingerprint density at radius 3 is 2.21 bits per heavy atom. The average molecular weight is 389 g/mol. The van der Waals surface area contributed by atoms with E-state index in [0.29, 0.717) is 18.2 Å². The third kappa shape index (κ3) is 5.41. The van der Waals surface area contributed by atoms with Crippen LogP contribution in [0.4, 0.5) is 5.95 Å². The normalized spacial score (nSPS) is 11.9. The summed E-state index contributed by atoms with van der Waals surface area (Å²) in [5.74, 6) is 0.373. The van der Waals surface area contributed by atoms with E-state index in [1.807, 2.05) is 74.2 Å². The smallest absolute Gasteiger partial charge is 0.273 e. The van der Waals surface area contributed by atoms with Crippen molar-refractivity contribution >= 4 is 11.9 Å². The van der Waals surface area contributed by atoms with E-state index in [-0.39, 0.29) is 18.0 Å². The Labute approximate surface area is 172 Å². The van der Waals surface area contributed by atoms with Crippen molar-refractivity contribution in [2.75, 3.05) is 5.32 Å². The van der Waals surface area contributed by atoms with Crippen LogP contribution in [0.1, 0.15) is 54.1 Å². The van der Waals surface area contributed by atoms with Crippen molar-refractivity contribution in [1.29, 1.82) is 0 Å². The standard InChI is InChI=1S/C24H28N4O/c1-17(2)28(16-20-11-7-5-8-12-20)23(29)22-15-18(3)25-24(27-22)26-19(4)21-13-9-6-10-14-21/h5-15,17,19H,16H2,1-4H3,(H,25,26,27). The maximum Gasteiger partial charge on any atom is 0.273 e. The second kappa shape index (κ2) is 9.32. The molecular formula is C24H28N4O. The van der Waals surface area contributed by atoms with Gasteiger partial charge in [0.2, 0.25) is 5.95 Å². The fourth-order valence-corrected chi connectivity index (χ4v) is 3.18. The number of anilines is 1. The lowest BCUT2D eigenvalue weighted by molar-refractivity contribution is 0.0684. The number of nitrogens with one attached hydrogen (secondary N) is 1. The van der Waals surface area contributed by atoms with Crippen LogP contribution in [0.3, 0.4) is 0 Å². The predicted octanol–water partition coefficient (Wildman–Crippen LogP) is 5.01. The number of hydrogen-bond donors (Lipinski definition) is 1. The molecular weight excluding hydrogens is 360 g/mol. The fourth-order valence-electron chi connectivity index (χ4n) is 3.18. The zero-order valence-corrected chi connectivity index (χ0v) is 17.5. The van der Waals surface area contributed by atoms with Crippen LogP contribution in [-0.2, 0) is 6.54 Å². The van der Waals surface area contributed by atoms with Gasteiger partial charge in [0.15, 0.2) is 0 Å². The summed E-state index contributed by atoms with van der Waals surface area (Å²) in [6.45, 7) is 8.52. The lowest BCUT2D eigenvalue weighted by Crippen LogP contribution is -2.37. The second-order valence-corrected chi connectivity index (χ2v) is 7.51. The summed E-state index contributed by atoms with van der Waals surface area (Å²) < 4.78 is 0. The molecule has 0 radical (unpaired) electrons. The van der Waals surface area contributed by atoms with Gasteiger partial charge in [-0.15, -0.1) is 0 Å². The predicted molar refractivity (Wildman–Crippen MR) is 117 cm³/mol. The van der Waals surface area contributed by atoms with Crippen LogP contribution < -0.4 is 5.32 Å². The van der Waals surface area contributed by atoms with Crippen LogP contribution >= 0.6 is 0 Å². The molecule has 1 atom stereocenters. The number of benzene rings is 2. The van der Waals surface area contributed by atoms with Gasteiger partial charge >= 0.3 is 0 Å². The van der Waals surface area contributed by atoms with Crippen molar-refractivity contribution in [2.24, 2.45) is 0 Å². The largest absolute Gasteiger partial charge is 0.348 e. The highest BCUT2D eigenvalue weighted by Crippen LogP contribution is 2.18. The molecule has 150 valence electrons. The van der Waals surface area contributed by atoms with Crippen molar-refractivity contribution in [2.45, 2.75) is 46.3 Å². The van der Waals surface area contributed by atoms with Gasteiger partial charge in [0.1, 0.15) is 5.69 Å². The van der Waals surface area contributed by atoms with Crippen molar-refractivity contribution in [3.63, 3.8) is 0 Å². The second-order valence-electron chi connectivity index (χ2n) is 7.51. The molecule has 1 N–H and O–H groups in total. The van der Waals surface area contributed by atoms with E-state index in [0.717, 1.165) is 16.8 Å². The monoisotopic (exact) mass is 388 g/mol. The molecule has 0 bridgehead atoms. The molecule has 1 heterocycles. The fraction of sp³-hybridized carbons (Fsp3) is 0.292. The van der Waals surface area contributed by atoms with Crippen molar-refractivity contribution in [1.82, 2.24) is 14.9 Å². The van der Waals surface area contributed by atoms with Crippen LogP contribution in [0.15, 0.2) is 66.7 Å². The van der Waals surface area contributed by atoms with Crippen molar-refractivity contribution in [3.8, 4) is 0 Å². The van der Waals surface area contributed by atoms with Crippen molar-refractivity contribution < 1.29 is 4.79 Å². The molecule has 2 aromatic carbocycles. The van der Waals surface area contributed by atoms with Gasteiger partial charge in [0.05, 0.1) is 6.04 Å². The molecule has 5 nitrogen and oxygen atoms in total. The summed E-state index contributed by atoms with van der Waals surface area (Å²) in [7, 11) is 0. The van der Waals surface area contributed by atoms with Gasteiger partial charge in [-0.3, -0.25) is 4.79 Å². The molecule has 29 heavy (non-hydrogen) atoms. The molecule has 3 aromatic rings. The summed E-state index contributed by atoms with van der Waals surface area (Å²) >= 11 is 0. The summed E-state index contributed by atoms with van der Waals surface area (Å²) in [6.07, 6.45) is 0. The first kappa shape index (κ1) is 20.5. The summed E-state index contributed by atoms with van der Waals surface area (Å²) in [5, 5.41) is 3.32. The Kier molecular flexibility index (Phi) is 6.60. The van der Waals surface area contributed by atoms with Gasteiger partial charge in [0.25, 0.3) is 5.91 Å². The molecule has 0 aliphatic rings. The number of nitrogens with zero attached hydrogens (tertiary/aromatic N) is 3.